The summed E-state index contributed by atoms with van der Waals surface area (Å²) in [5, 5.41) is 3.34. The number of nitrogens with two attached hydrogens (primary N) is 1. The van der Waals surface area contributed by atoms with Gasteiger partial charge in [-0.3, -0.25) is 0 Å². The van der Waals surface area contributed by atoms with Crippen LogP contribution in [0.25, 0.3) is 0 Å². The molecule has 0 unspecified atom stereocenters. The predicted octanol–water partition coefficient (Wildman–Crippen LogP) is 1.11. The summed E-state index contributed by atoms with van der Waals surface area (Å²) in [6, 6.07) is 0.782. The third kappa shape index (κ3) is 2.80. The molecule has 1 fully saturated rings. The van der Waals surface area contributed by atoms with E-state index in [9.17, 15) is 0 Å². The molecule has 66 valence electrons. The van der Waals surface area contributed by atoms with Gasteiger partial charge in [-0.25, -0.2) is 0 Å². The second-order valence-electron chi connectivity index (χ2n) is 3.58. The zero-order chi connectivity index (χ0) is 8.10. The molecule has 0 radical (unpaired) electrons. The van der Waals surface area contributed by atoms with Crippen molar-refractivity contribution in [3.05, 3.63) is 0 Å². The zero-order valence-electron chi connectivity index (χ0n) is 7.47. The fourth-order valence-corrected chi connectivity index (χ4v) is 1.98. The third-order valence-electron chi connectivity index (χ3n) is 2.83. The van der Waals surface area contributed by atoms with Crippen LogP contribution < -0.4 is 11.1 Å². The first-order valence-corrected chi connectivity index (χ1v) is 4.74. The normalized spacial score (nSPS) is 32.2. The molecule has 0 amide bonds. The molecule has 2 nitrogen and oxygen atoms in total. The van der Waals surface area contributed by atoms with Crippen molar-refractivity contribution in [2.75, 3.05) is 13.6 Å². The highest BCUT2D eigenvalue weighted by atomic mass is 14.9. The minimum atomic E-state index is 0.782. The third-order valence-corrected chi connectivity index (χ3v) is 2.83. The molecule has 0 aromatic heterocycles. The van der Waals surface area contributed by atoms with E-state index in [0.29, 0.717) is 0 Å². The van der Waals surface area contributed by atoms with Gasteiger partial charge in [-0.2, -0.15) is 0 Å². The van der Waals surface area contributed by atoms with E-state index in [4.69, 9.17) is 5.73 Å². The van der Waals surface area contributed by atoms with E-state index in [1.165, 1.54) is 32.1 Å². The molecule has 0 aromatic carbocycles. The van der Waals surface area contributed by atoms with Crippen LogP contribution in [-0.2, 0) is 0 Å². The summed E-state index contributed by atoms with van der Waals surface area (Å²) in [5.74, 6) is 0.921. The van der Waals surface area contributed by atoms with E-state index in [1.807, 2.05) is 0 Å². The van der Waals surface area contributed by atoms with Crippen LogP contribution in [0, 0.1) is 5.92 Å². The van der Waals surface area contributed by atoms with E-state index in [0.717, 1.165) is 18.5 Å². The van der Waals surface area contributed by atoms with E-state index in [2.05, 4.69) is 12.4 Å². The minimum Gasteiger partial charge on any atom is -0.330 e. The molecule has 0 spiro atoms. The summed E-state index contributed by atoms with van der Waals surface area (Å²) in [7, 11) is 2.06. The molecular weight excluding hydrogens is 136 g/mol. The maximum absolute atomic E-state index is 5.51. The van der Waals surface area contributed by atoms with E-state index < -0.39 is 0 Å². The van der Waals surface area contributed by atoms with E-state index in [-0.39, 0.29) is 0 Å². The molecule has 0 heterocycles. The largest absolute Gasteiger partial charge is 0.330 e. The zero-order valence-corrected chi connectivity index (χ0v) is 7.47. The summed E-state index contributed by atoms with van der Waals surface area (Å²) in [6.45, 7) is 0.870. The molecule has 2 heteroatoms. The van der Waals surface area contributed by atoms with Gasteiger partial charge in [-0.1, -0.05) is 0 Å². The SMILES string of the molecule is CN[C@H]1CC[C@H](CCN)CC1. The molecule has 1 saturated carbocycles. The fourth-order valence-electron chi connectivity index (χ4n) is 1.98. The fraction of sp³-hybridized carbons (Fsp3) is 1.00. The number of nitrogens with one attached hydrogen (secondary N) is 1. The summed E-state index contributed by atoms with van der Waals surface area (Å²) >= 11 is 0. The van der Waals surface area contributed by atoms with Crippen LogP contribution in [0.4, 0.5) is 0 Å². The van der Waals surface area contributed by atoms with Gasteiger partial charge in [0.25, 0.3) is 0 Å². The number of hydrogen-bond acceptors (Lipinski definition) is 2. The van der Waals surface area contributed by atoms with Crippen molar-refractivity contribution in [3.8, 4) is 0 Å². The maximum Gasteiger partial charge on any atom is 0.00642 e. The van der Waals surface area contributed by atoms with Crippen LogP contribution in [0.5, 0.6) is 0 Å². The maximum atomic E-state index is 5.51. The van der Waals surface area contributed by atoms with Crippen LogP contribution in [0.2, 0.25) is 0 Å². The monoisotopic (exact) mass is 156 g/mol. The molecular formula is C9H20N2. The van der Waals surface area contributed by atoms with Gasteiger partial charge in [0.05, 0.1) is 0 Å². The highest BCUT2D eigenvalue weighted by Gasteiger charge is 2.18. The summed E-state index contributed by atoms with van der Waals surface area (Å²) in [6.07, 6.45) is 6.68. The van der Waals surface area contributed by atoms with Crippen LogP contribution in [-0.4, -0.2) is 19.6 Å². The number of hydrogen-bond donors (Lipinski definition) is 2. The molecule has 0 saturated heterocycles. The van der Waals surface area contributed by atoms with Gasteiger partial charge in [-0.05, 0) is 51.6 Å². The van der Waals surface area contributed by atoms with Gasteiger partial charge in [0, 0.05) is 6.04 Å². The Labute approximate surface area is 69.5 Å². The van der Waals surface area contributed by atoms with Crippen LogP contribution in [0.1, 0.15) is 32.1 Å². The first kappa shape index (κ1) is 9.01. The predicted molar refractivity (Wildman–Crippen MR) is 48.5 cm³/mol. The highest BCUT2D eigenvalue weighted by Crippen LogP contribution is 2.25. The molecule has 0 atom stereocenters. The lowest BCUT2D eigenvalue weighted by atomic mass is 9.84. The average Bonchev–Trinajstić information content (AvgIpc) is 2.07. The van der Waals surface area contributed by atoms with Gasteiger partial charge < -0.3 is 11.1 Å². The molecule has 0 aliphatic heterocycles. The van der Waals surface area contributed by atoms with Crippen molar-refractivity contribution in [3.63, 3.8) is 0 Å². The first-order chi connectivity index (χ1) is 5.36. The Balaban J connectivity index is 2.14. The average molecular weight is 156 g/mol. The highest BCUT2D eigenvalue weighted by molar-refractivity contribution is 4.75. The Kier molecular flexibility index (Phi) is 3.87. The van der Waals surface area contributed by atoms with Gasteiger partial charge in [0.2, 0.25) is 0 Å². The Morgan fingerprint density at radius 1 is 1.27 bits per heavy atom. The second kappa shape index (κ2) is 4.73. The first-order valence-electron chi connectivity index (χ1n) is 4.74. The van der Waals surface area contributed by atoms with E-state index >= 15 is 0 Å². The van der Waals surface area contributed by atoms with Gasteiger partial charge in [-0.15, -0.1) is 0 Å². The van der Waals surface area contributed by atoms with Crippen molar-refractivity contribution in [1.29, 1.82) is 0 Å². The topological polar surface area (TPSA) is 38.0 Å². The van der Waals surface area contributed by atoms with Crippen molar-refractivity contribution < 1.29 is 0 Å². The summed E-state index contributed by atoms with van der Waals surface area (Å²) < 4.78 is 0. The lowest BCUT2D eigenvalue weighted by molar-refractivity contribution is 0.291. The Morgan fingerprint density at radius 2 is 1.91 bits per heavy atom. The molecule has 1 aliphatic rings. The molecule has 0 aromatic rings. The smallest absolute Gasteiger partial charge is 0.00642 e. The molecule has 3 N–H and O–H groups in total. The summed E-state index contributed by atoms with van der Waals surface area (Å²) in [5.41, 5.74) is 5.51. The Bertz CT molecular complexity index is 95.7. The lowest BCUT2D eigenvalue weighted by Crippen LogP contribution is -2.30. The standard InChI is InChI=1S/C9H20N2/c1-11-9-4-2-8(3-5-9)6-7-10/h8-9,11H,2-7,10H2,1H3/t8-,9-. The minimum absolute atomic E-state index is 0.782. The van der Waals surface area contributed by atoms with Crippen LogP contribution >= 0.6 is 0 Å². The van der Waals surface area contributed by atoms with Crippen LogP contribution in [0.15, 0.2) is 0 Å². The van der Waals surface area contributed by atoms with Crippen molar-refractivity contribution in [1.82, 2.24) is 5.32 Å². The van der Waals surface area contributed by atoms with Crippen molar-refractivity contribution >= 4 is 0 Å². The lowest BCUT2D eigenvalue weighted by Gasteiger charge is -2.27. The Morgan fingerprint density at radius 3 is 2.36 bits per heavy atom. The molecule has 0 bridgehead atoms. The van der Waals surface area contributed by atoms with Gasteiger partial charge in [0.1, 0.15) is 0 Å². The Hall–Kier alpha value is -0.0800. The van der Waals surface area contributed by atoms with Crippen molar-refractivity contribution in [2.24, 2.45) is 11.7 Å². The second-order valence-corrected chi connectivity index (χ2v) is 3.58. The number of rotatable bonds is 3. The quantitative estimate of drug-likeness (QED) is 0.642. The van der Waals surface area contributed by atoms with Crippen LogP contribution in [0.3, 0.4) is 0 Å². The van der Waals surface area contributed by atoms with Crippen molar-refractivity contribution in [2.45, 2.75) is 38.1 Å². The summed E-state index contributed by atoms with van der Waals surface area (Å²) in [4.78, 5) is 0. The molecule has 1 rings (SSSR count). The molecule has 1 aliphatic carbocycles. The van der Waals surface area contributed by atoms with Gasteiger partial charge >= 0.3 is 0 Å². The molecule has 11 heavy (non-hydrogen) atoms. The van der Waals surface area contributed by atoms with E-state index in [1.54, 1.807) is 0 Å². The van der Waals surface area contributed by atoms with Gasteiger partial charge in [0.15, 0.2) is 0 Å².